The van der Waals surface area contributed by atoms with E-state index in [4.69, 9.17) is 5.26 Å². The standard InChI is InChI=1S/C13H15NO4S/c1-10(7-13(15)18-2)19(16,17)9-12-5-3-11(8-14)4-6-12/h3-6,10H,7,9H2,1-2H3. The summed E-state index contributed by atoms with van der Waals surface area (Å²) >= 11 is 0. The normalized spacial score (nSPS) is 12.5. The van der Waals surface area contributed by atoms with Gasteiger partial charge in [-0.1, -0.05) is 12.1 Å². The van der Waals surface area contributed by atoms with E-state index < -0.39 is 21.1 Å². The zero-order valence-electron chi connectivity index (χ0n) is 10.8. The smallest absolute Gasteiger partial charge is 0.306 e. The van der Waals surface area contributed by atoms with E-state index in [1.54, 1.807) is 24.3 Å². The molecule has 5 nitrogen and oxygen atoms in total. The number of nitrogens with zero attached hydrogens (tertiary/aromatic N) is 1. The van der Waals surface area contributed by atoms with Crippen LogP contribution < -0.4 is 0 Å². The highest BCUT2D eigenvalue weighted by Crippen LogP contribution is 2.14. The van der Waals surface area contributed by atoms with Crippen LogP contribution in [0.3, 0.4) is 0 Å². The van der Waals surface area contributed by atoms with Gasteiger partial charge in [0.1, 0.15) is 0 Å². The molecule has 0 spiro atoms. The molecule has 0 aliphatic heterocycles. The van der Waals surface area contributed by atoms with Gasteiger partial charge in [-0.2, -0.15) is 5.26 Å². The molecule has 0 aliphatic carbocycles. The molecular formula is C13H15NO4S. The van der Waals surface area contributed by atoms with Gasteiger partial charge in [-0.15, -0.1) is 0 Å². The third kappa shape index (κ3) is 4.38. The summed E-state index contributed by atoms with van der Waals surface area (Å²) in [4.78, 5) is 11.1. The maximum absolute atomic E-state index is 12.0. The second-order valence-corrected chi connectivity index (χ2v) is 6.63. The Labute approximate surface area is 112 Å². The second kappa shape index (κ2) is 6.34. The van der Waals surface area contributed by atoms with Crippen molar-refractivity contribution in [2.75, 3.05) is 7.11 Å². The van der Waals surface area contributed by atoms with Crippen molar-refractivity contribution >= 4 is 15.8 Å². The molecular weight excluding hydrogens is 266 g/mol. The highest BCUT2D eigenvalue weighted by Gasteiger charge is 2.24. The summed E-state index contributed by atoms with van der Waals surface area (Å²) in [6.45, 7) is 1.48. The summed E-state index contributed by atoms with van der Waals surface area (Å²) in [5.74, 6) is -0.701. The number of carbonyl (C=O) groups excluding carboxylic acids is 1. The molecule has 0 bridgehead atoms. The summed E-state index contributed by atoms with van der Waals surface area (Å²) < 4.78 is 28.5. The summed E-state index contributed by atoms with van der Waals surface area (Å²) in [5.41, 5.74) is 1.07. The summed E-state index contributed by atoms with van der Waals surface area (Å²) in [7, 11) is -2.20. The topological polar surface area (TPSA) is 84.2 Å². The fourth-order valence-corrected chi connectivity index (χ4v) is 2.83. The minimum atomic E-state index is -3.42. The maximum Gasteiger partial charge on any atom is 0.306 e. The Morgan fingerprint density at radius 1 is 1.37 bits per heavy atom. The van der Waals surface area contributed by atoms with Crippen molar-refractivity contribution < 1.29 is 17.9 Å². The number of sulfone groups is 1. The Morgan fingerprint density at radius 2 is 1.95 bits per heavy atom. The van der Waals surface area contributed by atoms with Crippen LogP contribution in [0, 0.1) is 11.3 Å². The number of ether oxygens (including phenoxy) is 1. The molecule has 0 heterocycles. The van der Waals surface area contributed by atoms with E-state index in [1.807, 2.05) is 6.07 Å². The second-order valence-electron chi connectivity index (χ2n) is 4.21. The molecule has 1 rings (SSSR count). The van der Waals surface area contributed by atoms with E-state index in [-0.39, 0.29) is 12.2 Å². The molecule has 6 heteroatoms. The molecule has 1 aromatic carbocycles. The first kappa shape index (κ1) is 15.2. The molecule has 0 aromatic heterocycles. The van der Waals surface area contributed by atoms with Crippen molar-refractivity contribution in [2.24, 2.45) is 0 Å². The summed E-state index contributed by atoms with van der Waals surface area (Å²) in [5, 5.41) is 7.86. The number of rotatable bonds is 5. The minimum Gasteiger partial charge on any atom is -0.469 e. The van der Waals surface area contributed by atoms with Gasteiger partial charge in [0.2, 0.25) is 0 Å². The monoisotopic (exact) mass is 281 g/mol. The first-order valence-electron chi connectivity index (χ1n) is 5.66. The van der Waals surface area contributed by atoms with Crippen molar-refractivity contribution in [3.63, 3.8) is 0 Å². The molecule has 0 radical (unpaired) electrons. The number of nitriles is 1. The highest BCUT2D eigenvalue weighted by atomic mass is 32.2. The van der Waals surface area contributed by atoms with Gasteiger partial charge in [0.05, 0.1) is 36.2 Å². The van der Waals surface area contributed by atoms with Gasteiger partial charge in [-0.3, -0.25) is 4.79 Å². The van der Waals surface area contributed by atoms with Gasteiger partial charge in [-0.05, 0) is 24.6 Å². The Balaban J connectivity index is 2.78. The van der Waals surface area contributed by atoms with Crippen LogP contribution in [-0.2, 0) is 25.1 Å². The molecule has 1 atom stereocenters. The van der Waals surface area contributed by atoms with Crippen LogP contribution in [0.4, 0.5) is 0 Å². The number of esters is 1. The lowest BCUT2D eigenvalue weighted by Crippen LogP contribution is -2.23. The molecule has 0 aliphatic rings. The number of hydrogen-bond donors (Lipinski definition) is 0. The third-order valence-corrected chi connectivity index (χ3v) is 4.87. The molecule has 1 aromatic rings. The van der Waals surface area contributed by atoms with Gasteiger partial charge in [0, 0.05) is 0 Å². The van der Waals surface area contributed by atoms with E-state index in [1.165, 1.54) is 14.0 Å². The van der Waals surface area contributed by atoms with Crippen LogP contribution in [0.5, 0.6) is 0 Å². The average molecular weight is 281 g/mol. The quantitative estimate of drug-likeness (QED) is 0.762. The first-order chi connectivity index (χ1) is 8.89. The van der Waals surface area contributed by atoms with E-state index in [0.29, 0.717) is 11.1 Å². The molecule has 1 unspecified atom stereocenters. The van der Waals surface area contributed by atoms with Crippen molar-refractivity contribution in [3.05, 3.63) is 35.4 Å². The fourth-order valence-electron chi connectivity index (χ4n) is 1.50. The van der Waals surface area contributed by atoms with Crippen LogP contribution in [0.2, 0.25) is 0 Å². The van der Waals surface area contributed by atoms with E-state index in [2.05, 4.69) is 4.74 Å². The van der Waals surface area contributed by atoms with Crippen molar-refractivity contribution in [1.29, 1.82) is 5.26 Å². The molecule has 0 fully saturated rings. The number of benzene rings is 1. The minimum absolute atomic E-state index is 0.156. The Hall–Kier alpha value is -1.87. The molecule has 102 valence electrons. The molecule has 0 amide bonds. The predicted molar refractivity (Wildman–Crippen MR) is 69.9 cm³/mol. The van der Waals surface area contributed by atoms with E-state index >= 15 is 0 Å². The zero-order valence-corrected chi connectivity index (χ0v) is 11.6. The fraction of sp³-hybridized carbons (Fsp3) is 0.385. The Bertz CT molecular complexity index is 584. The van der Waals surface area contributed by atoms with Crippen LogP contribution in [0.25, 0.3) is 0 Å². The predicted octanol–water partition coefficient (Wildman–Crippen LogP) is 1.42. The van der Waals surface area contributed by atoms with Crippen LogP contribution in [0.15, 0.2) is 24.3 Å². The Kier molecular flexibility index (Phi) is 5.07. The Morgan fingerprint density at radius 3 is 2.42 bits per heavy atom. The number of hydrogen-bond acceptors (Lipinski definition) is 5. The van der Waals surface area contributed by atoms with Crippen LogP contribution >= 0.6 is 0 Å². The maximum atomic E-state index is 12.0. The van der Waals surface area contributed by atoms with Gasteiger partial charge in [0.25, 0.3) is 0 Å². The van der Waals surface area contributed by atoms with Gasteiger partial charge >= 0.3 is 5.97 Å². The van der Waals surface area contributed by atoms with Crippen molar-refractivity contribution in [2.45, 2.75) is 24.3 Å². The third-order valence-electron chi connectivity index (χ3n) is 2.75. The van der Waals surface area contributed by atoms with E-state index in [0.717, 1.165) is 0 Å². The average Bonchev–Trinajstić information content (AvgIpc) is 2.39. The van der Waals surface area contributed by atoms with Gasteiger partial charge < -0.3 is 4.74 Å². The number of methoxy groups -OCH3 is 1. The van der Waals surface area contributed by atoms with Crippen LogP contribution in [0.1, 0.15) is 24.5 Å². The molecule has 0 saturated heterocycles. The van der Waals surface area contributed by atoms with Gasteiger partial charge in [-0.25, -0.2) is 8.42 Å². The summed E-state index contributed by atoms with van der Waals surface area (Å²) in [6, 6.07) is 8.29. The molecule has 0 N–H and O–H groups in total. The van der Waals surface area contributed by atoms with E-state index in [9.17, 15) is 13.2 Å². The molecule has 19 heavy (non-hydrogen) atoms. The lowest BCUT2D eigenvalue weighted by molar-refractivity contribution is -0.140. The summed E-state index contributed by atoms with van der Waals surface area (Å²) in [6.07, 6.45) is -0.158. The zero-order chi connectivity index (χ0) is 14.5. The van der Waals surface area contributed by atoms with Crippen LogP contribution in [-0.4, -0.2) is 26.7 Å². The lowest BCUT2D eigenvalue weighted by Gasteiger charge is -2.11. The largest absolute Gasteiger partial charge is 0.469 e. The lowest BCUT2D eigenvalue weighted by atomic mass is 10.2. The van der Waals surface area contributed by atoms with Crippen molar-refractivity contribution in [1.82, 2.24) is 0 Å². The number of carbonyl (C=O) groups is 1. The highest BCUT2D eigenvalue weighted by molar-refractivity contribution is 7.91. The van der Waals surface area contributed by atoms with Crippen molar-refractivity contribution in [3.8, 4) is 6.07 Å². The SMILES string of the molecule is COC(=O)CC(C)S(=O)(=O)Cc1ccc(C#N)cc1. The van der Waals surface area contributed by atoms with Gasteiger partial charge in [0.15, 0.2) is 9.84 Å². The molecule has 0 saturated carbocycles. The first-order valence-corrected chi connectivity index (χ1v) is 7.38.